The molecule has 2 N–H and O–H groups in total. The van der Waals surface area contributed by atoms with Crippen molar-refractivity contribution >= 4 is 5.69 Å². The fourth-order valence-electron chi connectivity index (χ4n) is 1.31. The zero-order chi connectivity index (χ0) is 10.1. The maximum absolute atomic E-state index is 13.1. The van der Waals surface area contributed by atoms with Crippen LogP contribution in [0.15, 0.2) is 30.9 Å². The third-order valence-electron chi connectivity index (χ3n) is 2.09. The van der Waals surface area contributed by atoms with Crippen molar-refractivity contribution in [3.8, 4) is 5.69 Å². The average molecular weight is 191 g/mol. The molecule has 0 aliphatic heterocycles. The molecule has 72 valence electrons. The largest absolute Gasteiger partial charge is 0.397 e. The van der Waals surface area contributed by atoms with E-state index in [2.05, 4.69) is 4.98 Å². The van der Waals surface area contributed by atoms with E-state index in [1.165, 1.54) is 6.07 Å². The molecule has 0 saturated carbocycles. The summed E-state index contributed by atoms with van der Waals surface area (Å²) in [5.74, 6) is -0.286. The van der Waals surface area contributed by atoms with Crippen LogP contribution in [0, 0.1) is 12.7 Å². The van der Waals surface area contributed by atoms with E-state index >= 15 is 0 Å². The van der Waals surface area contributed by atoms with E-state index in [9.17, 15) is 4.39 Å². The summed E-state index contributed by atoms with van der Waals surface area (Å²) in [6.45, 7) is 1.70. The lowest BCUT2D eigenvalue weighted by Crippen LogP contribution is -1.99. The molecule has 4 heteroatoms. The highest BCUT2D eigenvalue weighted by molar-refractivity contribution is 5.59. The van der Waals surface area contributed by atoms with Gasteiger partial charge in [-0.1, -0.05) is 0 Å². The molecule has 14 heavy (non-hydrogen) atoms. The molecular formula is C10H10FN3. The van der Waals surface area contributed by atoms with E-state index < -0.39 is 0 Å². The Kier molecular flexibility index (Phi) is 1.96. The SMILES string of the molecule is Cc1cc(-n2ccnc2)c(N)cc1F. The molecule has 0 bridgehead atoms. The number of aryl methyl sites for hydroxylation is 1. The summed E-state index contributed by atoms with van der Waals surface area (Å²) in [5.41, 5.74) is 7.42. The van der Waals surface area contributed by atoms with Crippen LogP contribution in [0.25, 0.3) is 5.69 Å². The number of hydrogen-bond acceptors (Lipinski definition) is 2. The van der Waals surface area contributed by atoms with Crippen LogP contribution in [0.2, 0.25) is 0 Å². The van der Waals surface area contributed by atoms with Crippen LogP contribution >= 0.6 is 0 Å². The van der Waals surface area contributed by atoms with Gasteiger partial charge in [-0.15, -0.1) is 0 Å². The second kappa shape index (κ2) is 3.14. The van der Waals surface area contributed by atoms with Crippen molar-refractivity contribution in [2.75, 3.05) is 5.73 Å². The van der Waals surface area contributed by atoms with Crippen LogP contribution < -0.4 is 5.73 Å². The molecule has 0 atom stereocenters. The summed E-state index contributed by atoms with van der Waals surface area (Å²) in [6, 6.07) is 3.02. The number of halogens is 1. The maximum Gasteiger partial charge on any atom is 0.128 e. The fraction of sp³-hybridized carbons (Fsp3) is 0.100. The Balaban J connectivity index is 2.60. The van der Waals surface area contributed by atoms with E-state index in [1.807, 2.05) is 0 Å². The molecule has 3 nitrogen and oxygen atoms in total. The summed E-state index contributed by atoms with van der Waals surface area (Å²) >= 11 is 0. The monoisotopic (exact) mass is 191 g/mol. The van der Waals surface area contributed by atoms with Gasteiger partial charge >= 0.3 is 0 Å². The quantitative estimate of drug-likeness (QED) is 0.699. The lowest BCUT2D eigenvalue weighted by molar-refractivity contribution is 0.619. The lowest BCUT2D eigenvalue weighted by atomic mass is 10.2. The first-order valence-corrected chi connectivity index (χ1v) is 4.22. The molecule has 2 rings (SSSR count). The Morgan fingerprint density at radius 2 is 2.21 bits per heavy atom. The topological polar surface area (TPSA) is 43.8 Å². The molecule has 0 fully saturated rings. The number of nitrogens with two attached hydrogens (primary N) is 1. The van der Waals surface area contributed by atoms with Gasteiger partial charge in [0, 0.05) is 12.4 Å². The Bertz CT molecular complexity index is 449. The molecule has 0 saturated heterocycles. The van der Waals surface area contributed by atoms with Crippen LogP contribution in [0.5, 0.6) is 0 Å². The summed E-state index contributed by atoms with van der Waals surface area (Å²) < 4.78 is 14.8. The standard InChI is InChI=1S/C10H10FN3/c1-7-4-10(9(12)5-8(7)11)14-3-2-13-6-14/h2-6H,12H2,1H3. The van der Waals surface area contributed by atoms with Crippen LogP contribution in [0.3, 0.4) is 0 Å². The number of anilines is 1. The minimum atomic E-state index is -0.286. The van der Waals surface area contributed by atoms with Gasteiger partial charge < -0.3 is 10.3 Å². The van der Waals surface area contributed by atoms with E-state index in [-0.39, 0.29) is 5.82 Å². The molecule has 1 aromatic heterocycles. The van der Waals surface area contributed by atoms with Gasteiger partial charge in [-0.3, -0.25) is 0 Å². The van der Waals surface area contributed by atoms with Crippen molar-refractivity contribution in [3.63, 3.8) is 0 Å². The first kappa shape index (κ1) is 8.74. The molecular weight excluding hydrogens is 181 g/mol. The van der Waals surface area contributed by atoms with Gasteiger partial charge in [-0.2, -0.15) is 0 Å². The lowest BCUT2D eigenvalue weighted by Gasteiger charge is -2.07. The Labute approximate surface area is 81.0 Å². The molecule has 0 aliphatic rings. The number of nitrogen functional groups attached to an aromatic ring is 1. The Hall–Kier alpha value is -1.84. The van der Waals surface area contributed by atoms with Crippen molar-refractivity contribution < 1.29 is 4.39 Å². The summed E-state index contributed by atoms with van der Waals surface area (Å²) in [6.07, 6.45) is 5.05. The maximum atomic E-state index is 13.1. The molecule has 0 radical (unpaired) electrons. The minimum absolute atomic E-state index is 0.286. The summed E-state index contributed by atoms with van der Waals surface area (Å²) in [5, 5.41) is 0. The Morgan fingerprint density at radius 3 is 2.86 bits per heavy atom. The van der Waals surface area contributed by atoms with Gasteiger partial charge in [0.1, 0.15) is 5.82 Å². The minimum Gasteiger partial charge on any atom is -0.397 e. The van der Waals surface area contributed by atoms with Crippen LogP contribution in [-0.2, 0) is 0 Å². The second-order valence-corrected chi connectivity index (χ2v) is 3.13. The number of benzene rings is 1. The van der Waals surface area contributed by atoms with Crippen molar-refractivity contribution in [1.29, 1.82) is 0 Å². The molecule has 2 aromatic rings. The summed E-state index contributed by atoms with van der Waals surface area (Å²) in [4.78, 5) is 3.91. The van der Waals surface area contributed by atoms with Gasteiger partial charge in [0.25, 0.3) is 0 Å². The van der Waals surface area contributed by atoms with E-state index in [0.717, 1.165) is 5.69 Å². The van der Waals surface area contributed by atoms with Crippen molar-refractivity contribution in [3.05, 3.63) is 42.2 Å². The summed E-state index contributed by atoms with van der Waals surface area (Å²) in [7, 11) is 0. The van der Waals surface area contributed by atoms with Gasteiger partial charge in [-0.05, 0) is 24.6 Å². The van der Waals surface area contributed by atoms with E-state index in [4.69, 9.17) is 5.73 Å². The van der Waals surface area contributed by atoms with Crippen molar-refractivity contribution in [2.45, 2.75) is 6.92 Å². The second-order valence-electron chi connectivity index (χ2n) is 3.13. The molecule has 1 aromatic carbocycles. The first-order chi connectivity index (χ1) is 6.68. The molecule has 0 amide bonds. The molecule has 0 spiro atoms. The number of hydrogen-bond donors (Lipinski definition) is 1. The third kappa shape index (κ3) is 1.35. The van der Waals surface area contributed by atoms with E-state index in [1.54, 1.807) is 36.3 Å². The zero-order valence-corrected chi connectivity index (χ0v) is 7.74. The highest BCUT2D eigenvalue weighted by Gasteiger charge is 2.05. The van der Waals surface area contributed by atoms with Crippen molar-refractivity contribution in [1.82, 2.24) is 9.55 Å². The van der Waals surface area contributed by atoms with Gasteiger partial charge in [-0.25, -0.2) is 9.37 Å². The number of imidazole rings is 1. The normalized spacial score (nSPS) is 10.4. The van der Waals surface area contributed by atoms with E-state index in [0.29, 0.717) is 11.3 Å². The first-order valence-electron chi connectivity index (χ1n) is 4.22. The van der Waals surface area contributed by atoms with Gasteiger partial charge in [0.15, 0.2) is 0 Å². The van der Waals surface area contributed by atoms with Crippen LogP contribution in [0.1, 0.15) is 5.56 Å². The van der Waals surface area contributed by atoms with Crippen LogP contribution in [0.4, 0.5) is 10.1 Å². The average Bonchev–Trinajstić information content (AvgIpc) is 2.64. The number of nitrogens with zero attached hydrogens (tertiary/aromatic N) is 2. The van der Waals surface area contributed by atoms with Crippen molar-refractivity contribution in [2.24, 2.45) is 0 Å². The van der Waals surface area contributed by atoms with Gasteiger partial charge in [0.05, 0.1) is 17.7 Å². The smallest absolute Gasteiger partial charge is 0.128 e. The molecule has 1 heterocycles. The highest BCUT2D eigenvalue weighted by atomic mass is 19.1. The Morgan fingerprint density at radius 1 is 1.43 bits per heavy atom. The third-order valence-corrected chi connectivity index (χ3v) is 2.09. The number of rotatable bonds is 1. The molecule has 0 aliphatic carbocycles. The predicted octanol–water partition coefficient (Wildman–Crippen LogP) is 1.90. The number of aromatic nitrogens is 2. The molecule has 0 unspecified atom stereocenters. The fourth-order valence-corrected chi connectivity index (χ4v) is 1.31. The van der Waals surface area contributed by atoms with Crippen LogP contribution in [-0.4, -0.2) is 9.55 Å². The predicted molar refractivity (Wildman–Crippen MR) is 52.7 cm³/mol. The highest BCUT2D eigenvalue weighted by Crippen LogP contribution is 2.20. The van der Waals surface area contributed by atoms with Gasteiger partial charge in [0.2, 0.25) is 0 Å². The zero-order valence-electron chi connectivity index (χ0n) is 7.74.